The van der Waals surface area contributed by atoms with Crippen molar-refractivity contribution in [2.75, 3.05) is 19.6 Å². The smallest absolute Gasteiger partial charge is 0.256 e. The molecule has 0 atom stereocenters. The Hall–Kier alpha value is -2.21. The van der Waals surface area contributed by atoms with Gasteiger partial charge in [0, 0.05) is 23.7 Å². The molecule has 2 heterocycles. The molecule has 0 spiro atoms. The Morgan fingerprint density at radius 3 is 2.76 bits per heavy atom. The number of benzene rings is 1. The van der Waals surface area contributed by atoms with Crippen molar-refractivity contribution in [3.8, 4) is 11.5 Å². The van der Waals surface area contributed by atoms with Crippen LogP contribution in [0.25, 0.3) is 0 Å². The van der Waals surface area contributed by atoms with Crippen LogP contribution >= 0.6 is 11.3 Å². The van der Waals surface area contributed by atoms with Crippen LogP contribution in [0.1, 0.15) is 20.8 Å². The Kier molecular flexibility index (Phi) is 3.47. The van der Waals surface area contributed by atoms with Crippen molar-refractivity contribution in [1.29, 1.82) is 0 Å². The van der Waals surface area contributed by atoms with E-state index < -0.39 is 0 Å². The second kappa shape index (κ2) is 5.29. The van der Waals surface area contributed by atoms with E-state index in [9.17, 15) is 4.79 Å². The van der Waals surface area contributed by atoms with E-state index in [0.29, 0.717) is 29.3 Å². The van der Waals surface area contributed by atoms with Crippen molar-refractivity contribution in [2.45, 2.75) is 13.5 Å². The molecule has 0 aliphatic carbocycles. The molecule has 0 unspecified atom stereocenters. The number of fused-ring (bicyclic) bond motifs is 1. The van der Waals surface area contributed by atoms with Gasteiger partial charge in [0.05, 0.1) is 12.1 Å². The van der Waals surface area contributed by atoms with Gasteiger partial charge >= 0.3 is 0 Å². The third-order valence-corrected chi connectivity index (χ3v) is 4.48. The molecule has 0 bridgehead atoms. The number of amides is 1. The Labute approximate surface area is 126 Å². The predicted molar refractivity (Wildman–Crippen MR) is 81.8 cm³/mol. The average Bonchev–Trinajstić information content (AvgIpc) is 3.06. The van der Waals surface area contributed by atoms with Gasteiger partial charge in [-0.1, -0.05) is 0 Å². The first-order valence-electron chi connectivity index (χ1n) is 6.54. The van der Waals surface area contributed by atoms with E-state index in [1.165, 1.54) is 10.4 Å². The van der Waals surface area contributed by atoms with Crippen molar-refractivity contribution < 1.29 is 14.3 Å². The zero-order chi connectivity index (χ0) is 15.0. The van der Waals surface area contributed by atoms with E-state index in [2.05, 4.69) is 0 Å². The van der Waals surface area contributed by atoms with Crippen LogP contribution in [0.15, 0.2) is 23.6 Å². The number of hydrogen-bond donors (Lipinski definition) is 1. The minimum atomic E-state index is -0.126. The zero-order valence-corrected chi connectivity index (χ0v) is 12.7. The average molecular weight is 304 g/mol. The minimum absolute atomic E-state index is 0.126. The van der Waals surface area contributed by atoms with Crippen LogP contribution in [-0.2, 0) is 6.54 Å². The van der Waals surface area contributed by atoms with Gasteiger partial charge in [0.1, 0.15) is 0 Å². The molecule has 1 aromatic heterocycles. The lowest BCUT2D eigenvalue weighted by Gasteiger charge is -2.18. The summed E-state index contributed by atoms with van der Waals surface area (Å²) in [5.74, 6) is 1.02. The minimum Gasteiger partial charge on any atom is -0.454 e. The maximum Gasteiger partial charge on any atom is 0.256 e. The van der Waals surface area contributed by atoms with E-state index in [1.54, 1.807) is 35.4 Å². The number of carbonyl (C=O) groups is 1. The van der Waals surface area contributed by atoms with Gasteiger partial charge in [0.25, 0.3) is 5.91 Å². The SMILES string of the molecule is Cc1ccsc1CN(C)C(=O)c1cc2c(cc1N)OCO2. The first-order chi connectivity index (χ1) is 10.1. The van der Waals surface area contributed by atoms with E-state index >= 15 is 0 Å². The van der Waals surface area contributed by atoms with Crippen molar-refractivity contribution in [3.05, 3.63) is 39.6 Å². The highest BCUT2D eigenvalue weighted by molar-refractivity contribution is 7.10. The van der Waals surface area contributed by atoms with Crippen LogP contribution < -0.4 is 15.2 Å². The molecular weight excluding hydrogens is 288 g/mol. The molecule has 0 saturated heterocycles. The number of carbonyl (C=O) groups excluding carboxylic acids is 1. The molecule has 1 aliphatic rings. The van der Waals surface area contributed by atoms with Crippen LogP contribution in [0.4, 0.5) is 5.69 Å². The van der Waals surface area contributed by atoms with Crippen molar-refractivity contribution in [2.24, 2.45) is 0 Å². The largest absolute Gasteiger partial charge is 0.454 e. The van der Waals surface area contributed by atoms with E-state index in [-0.39, 0.29) is 12.7 Å². The number of rotatable bonds is 3. The molecule has 2 N–H and O–H groups in total. The Morgan fingerprint density at radius 1 is 1.38 bits per heavy atom. The highest BCUT2D eigenvalue weighted by Crippen LogP contribution is 2.36. The molecular formula is C15H16N2O3S. The summed E-state index contributed by atoms with van der Waals surface area (Å²) in [6.07, 6.45) is 0. The number of nitrogen functional groups attached to an aromatic ring is 1. The van der Waals surface area contributed by atoms with Gasteiger partial charge in [-0.2, -0.15) is 0 Å². The van der Waals surface area contributed by atoms with E-state index in [1.807, 2.05) is 18.4 Å². The van der Waals surface area contributed by atoms with Crippen LogP contribution in [0.5, 0.6) is 11.5 Å². The Balaban J connectivity index is 1.83. The lowest BCUT2D eigenvalue weighted by atomic mass is 10.1. The van der Waals surface area contributed by atoms with Gasteiger partial charge in [-0.25, -0.2) is 0 Å². The second-order valence-electron chi connectivity index (χ2n) is 4.98. The topological polar surface area (TPSA) is 64.8 Å². The molecule has 6 heteroatoms. The lowest BCUT2D eigenvalue weighted by Crippen LogP contribution is -2.26. The monoisotopic (exact) mass is 304 g/mol. The molecule has 1 aromatic carbocycles. The van der Waals surface area contributed by atoms with Gasteiger partial charge in [0.15, 0.2) is 11.5 Å². The highest BCUT2D eigenvalue weighted by Gasteiger charge is 2.22. The molecule has 21 heavy (non-hydrogen) atoms. The summed E-state index contributed by atoms with van der Waals surface area (Å²) in [5.41, 5.74) is 7.99. The number of ether oxygens (including phenoxy) is 2. The maximum absolute atomic E-state index is 12.6. The van der Waals surface area contributed by atoms with E-state index in [4.69, 9.17) is 15.2 Å². The second-order valence-corrected chi connectivity index (χ2v) is 5.98. The van der Waals surface area contributed by atoms with Gasteiger partial charge in [-0.15, -0.1) is 11.3 Å². The van der Waals surface area contributed by atoms with Crippen molar-refractivity contribution in [3.63, 3.8) is 0 Å². The molecule has 1 aliphatic heterocycles. The summed E-state index contributed by atoms with van der Waals surface area (Å²) in [6.45, 7) is 2.77. The lowest BCUT2D eigenvalue weighted by molar-refractivity contribution is 0.0787. The van der Waals surface area contributed by atoms with Gasteiger partial charge < -0.3 is 20.1 Å². The van der Waals surface area contributed by atoms with Gasteiger partial charge in [0.2, 0.25) is 6.79 Å². The fraction of sp³-hybridized carbons (Fsp3) is 0.267. The first kappa shape index (κ1) is 13.8. The highest BCUT2D eigenvalue weighted by atomic mass is 32.1. The number of thiophene rings is 1. The molecule has 2 aromatic rings. The van der Waals surface area contributed by atoms with Gasteiger partial charge in [-0.05, 0) is 30.0 Å². The fourth-order valence-electron chi connectivity index (χ4n) is 2.20. The summed E-state index contributed by atoms with van der Waals surface area (Å²) in [4.78, 5) is 15.4. The summed E-state index contributed by atoms with van der Waals surface area (Å²) in [6, 6.07) is 5.34. The molecule has 110 valence electrons. The third kappa shape index (κ3) is 2.54. The Bertz CT molecular complexity index is 696. The maximum atomic E-state index is 12.6. The number of nitrogens with two attached hydrogens (primary N) is 1. The Morgan fingerprint density at radius 2 is 2.10 bits per heavy atom. The van der Waals surface area contributed by atoms with Crippen LogP contribution in [-0.4, -0.2) is 24.6 Å². The van der Waals surface area contributed by atoms with Gasteiger partial charge in [-0.3, -0.25) is 4.79 Å². The molecule has 5 nitrogen and oxygen atoms in total. The summed E-state index contributed by atoms with van der Waals surface area (Å²) < 4.78 is 10.6. The fourth-order valence-corrected chi connectivity index (χ4v) is 3.16. The standard InChI is InChI=1S/C15H16N2O3S/c1-9-3-4-21-14(9)7-17(2)15(18)10-5-12-13(6-11(10)16)20-8-19-12/h3-6H,7-8,16H2,1-2H3. The number of aryl methyl sites for hydroxylation is 1. The number of nitrogens with zero attached hydrogens (tertiary/aromatic N) is 1. The van der Waals surface area contributed by atoms with E-state index in [0.717, 1.165) is 0 Å². The number of hydrogen-bond acceptors (Lipinski definition) is 5. The third-order valence-electron chi connectivity index (χ3n) is 3.47. The van der Waals surface area contributed by atoms with Crippen molar-refractivity contribution in [1.82, 2.24) is 4.90 Å². The zero-order valence-electron chi connectivity index (χ0n) is 11.9. The molecule has 0 saturated carbocycles. The first-order valence-corrected chi connectivity index (χ1v) is 7.42. The normalized spacial score (nSPS) is 12.5. The summed E-state index contributed by atoms with van der Waals surface area (Å²) in [7, 11) is 1.77. The van der Waals surface area contributed by atoms with Crippen molar-refractivity contribution >= 4 is 22.9 Å². The van der Waals surface area contributed by atoms with Crippen LogP contribution in [0.2, 0.25) is 0 Å². The quantitative estimate of drug-likeness (QED) is 0.885. The molecule has 0 radical (unpaired) electrons. The van der Waals surface area contributed by atoms with Crippen LogP contribution in [0, 0.1) is 6.92 Å². The molecule has 3 rings (SSSR count). The summed E-state index contributed by atoms with van der Waals surface area (Å²) in [5, 5.41) is 2.03. The number of anilines is 1. The molecule has 0 fully saturated rings. The summed E-state index contributed by atoms with van der Waals surface area (Å²) >= 11 is 1.64. The molecule has 1 amide bonds. The predicted octanol–water partition coefficient (Wildman–Crippen LogP) is 2.64. The van der Waals surface area contributed by atoms with Crippen LogP contribution in [0.3, 0.4) is 0 Å².